The zero-order valence-electron chi connectivity index (χ0n) is 25.8. The lowest BCUT2D eigenvalue weighted by molar-refractivity contribution is 0.633. The van der Waals surface area contributed by atoms with Crippen molar-refractivity contribution in [1.29, 1.82) is 0 Å². The molecule has 222 valence electrons. The SMILES string of the molecule is c1ccc2c(-c3c4ccccc4c(-c4cc5c(oc6ccc7ccccc7c65)c5oc6ccccc6c45)c4ccccc34)cccc2c1. The van der Waals surface area contributed by atoms with Crippen molar-refractivity contribution in [2.24, 2.45) is 0 Å². The molecule has 2 heteroatoms. The molecule has 0 radical (unpaired) electrons. The molecule has 11 aromatic rings. The third-order valence-electron chi connectivity index (χ3n) is 10.2. The number of hydrogen-bond acceptors (Lipinski definition) is 2. The Hall–Kier alpha value is -6.38. The van der Waals surface area contributed by atoms with Gasteiger partial charge in [0, 0.05) is 21.5 Å². The quantitative estimate of drug-likeness (QED) is 0.182. The minimum absolute atomic E-state index is 0.787. The molecule has 0 spiro atoms. The smallest absolute Gasteiger partial charge is 0.179 e. The summed E-state index contributed by atoms with van der Waals surface area (Å²) in [6, 6.07) is 56.7. The van der Waals surface area contributed by atoms with Crippen molar-refractivity contribution < 1.29 is 8.83 Å². The van der Waals surface area contributed by atoms with E-state index in [-0.39, 0.29) is 0 Å². The standard InChI is InChI=1S/C46H26O2/c1-3-15-29-27(12-1)14-11-22-31(29)41-32-17-5-7-19-34(32)42(35-20-8-6-18-33(35)41)37-26-38-43-30-16-4-2-13-28(30)24-25-40(43)48-45(38)46-44(37)36-21-9-10-23-39(36)47-46/h1-26H. The van der Waals surface area contributed by atoms with E-state index in [1.165, 1.54) is 59.8 Å². The molecule has 2 aromatic heterocycles. The van der Waals surface area contributed by atoms with Crippen LogP contribution in [0.5, 0.6) is 0 Å². The molecular formula is C46H26O2. The summed E-state index contributed by atoms with van der Waals surface area (Å²) in [5.74, 6) is 0. The first-order valence-corrected chi connectivity index (χ1v) is 16.4. The van der Waals surface area contributed by atoms with Crippen LogP contribution in [0.15, 0.2) is 167 Å². The summed E-state index contributed by atoms with van der Waals surface area (Å²) in [6.45, 7) is 0. The van der Waals surface area contributed by atoms with Crippen LogP contribution in [0.4, 0.5) is 0 Å². The number of furan rings is 2. The van der Waals surface area contributed by atoms with E-state index in [1.54, 1.807) is 0 Å². The van der Waals surface area contributed by atoms with Gasteiger partial charge < -0.3 is 8.83 Å². The van der Waals surface area contributed by atoms with E-state index in [0.29, 0.717) is 0 Å². The molecule has 0 aliphatic heterocycles. The fourth-order valence-corrected chi connectivity index (χ4v) is 8.24. The molecule has 2 heterocycles. The summed E-state index contributed by atoms with van der Waals surface area (Å²) in [5, 5.41) is 14.1. The Morgan fingerprint density at radius 2 is 0.812 bits per heavy atom. The molecule has 0 saturated carbocycles. The number of rotatable bonds is 2. The maximum Gasteiger partial charge on any atom is 0.179 e. The molecule has 0 atom stereocenters. The first kappa shape index (κ1) is 25.8. The monoisotopic (exact) mass is 610 g/mol. The molecule has 2 nitrogen and oxygen atoms in total. The molecule has 0 unspecified atom stereocenters. The molecule has 0 bridgehead atoms. The number of fused-ring (bicyclic) bond motifs is 12. The van der Waals surface area contributed by atoms with Gasteiger partial charge in [-0.15, -0.1) is 0 Å². The molecule has 11 rings (SSSR count). The minimum atomic E-state index is 0.787. The Morgan fingerprint density at radius 1 is 0.292 bits per heavy atom. The summed E-state index contributed by atoms with van der Waals surface area (Å²) in [4.78, 5) is 0. The Balaban J connectivity index is 1.38. The van der Waals surface area contributed by atoms with Gasteiger partial charge in [0.15, 0.2) is 11.2 Å². The summed E-state index contributed by atoms with van der Waals surface area (Å²) >= 11 is 0. The highest BCUT2D eigenvalue weighted by Gasteiger charge is 2.25. The summed E-state index contributed by atoms with van der Waals surface area (Å²) in [6.07, 6.45) is 0. The van der Waals surface area contributed by atoms with Crippen LogP contribution in [0.3, 0.4) is 0 Å². The largest absolute Gasteiger partial charge is 0.452 e. The maximum atomic E-state index is 6.74. The van der Waals surface area contributed by atoms with Crippen molar-refractivity contribution >= 4 is 87.0 Å². The molecule has 0 aliphatic carbocycles. The Labute approximate surface area is 275 Å². The lowest BCUT2D eigenvalue weighted by atomic mass is 9.83. The molecule has 9 aromatic carbocycles. The van der Waals surface area contributed by atoms with Crippen LogP contribution in [-0.4, -0.2) is 0 Å². The zero-order valence-corrected chi connectivity index (χ0v) is 25.8. The third kappa shape index (κ3) is 3.41. The average molecular weight is 611 g/mol. The van der Waals surface area contributed by atoms with E-state index in [4.69, 9.17) is 8.83 Å². The van der Waals surface area contributed by atoms with Gasteiger partial charge in [-0.05, 0) is 83.5 Å². The second kappa shape index (κ2) is 9.57. The predicted molar refractivity (Wildman–Crippen MR) is 202 cm³/mol. The van der Waals surface area contributed by atoms with Gasteiger partial charge >= 0.3 is 0 Å². The number of benzene rings is 9. The van der Waals surface area contributed by atoms with Crippen molar-refractivity contribution in [3.8, 4) is 22.3 Å². The van der Waals surface area contributed by atoms with E-state index in [1.807, 2.05) is 6.07 Å². The molecule has 0 aliphatic rings. The second-order valence-corrected chi connectivity index (χ2v) is 12.7. The van der Waals surface area contributed by atoms with Gasteiger partial charge in [-0.3, -0.25) is 0 Å². The van der Waals surface area contributed by atoms with Crippen LogP contribution in [0, 0.1) is 0 Å². The van der Waals surface area contributed by atoms with Crippen molar-refractivity contribution in [3.63, 3.8) is 0 Å². The average Bonchev–Trinajstić information content (AvgIpc) is 3.73. The van der Waals surface area contributed by atoms with E-state index in [9.17, 15) is 0 Å². The molecule has 0 fully saturated rings. The van der Waals surface area contributed by atoms with Gasteiger partial charge in [-0.2, -0.15) is 0 Å². The van der Waals surface area contributed by atoms with Crippen LogP contribution in [0.25, 0.3) is 109 Å². The molecule has 0 saturated heterocycles. The number of hydrogen-bond donors (Lipinski definition) is 0. The van der Waals surface area contributed by atoms with Crippen LogP contribution >= 0.6 is 0 Å². The topological polar surface area (TPSA) is 26.3 Å². The Morgan fingerprint density at radius 3 is 1.52 bits per heavy atom. The van der Waals surface area contributed by atoms with Crippen molar-refractivity contribution in [3.05, 3.63) is 158 Å². The van der Waals surface area contributed by atoms with Crippen molar-refractivity contribution in [2.45, 2.75) is 0 Å². The summed E-state index contributed by atoms with van der Waals surface area (Å²) in [5.41, 5.74) is 8.15. The minimum Gasteiger partial charge on any atom is -0.452 e. The highest BCUT2D eigenvalue weighted by atomic mass is 16.4. The van der Waals surface area contributed by atoms with Crippen LogP contribution in [-0.2, 0) is 0 Å². The molecule has 0 amide bonds. The summed E-state index contributed by atoms with van der Waals surface area (Å²) in [7, 11) is 0. The fraction of sp³-hybridized carbons (Fsp3) is 0. The number of para-hydroxylation sites is 1. The van der Waals surface area contributed by atoms with Gasteiger partial charge in [0.1, 0.15) is 11.2 Å². The van der Waals surface area contributed by atoms with Crippen molar-refractivity contribution in [1.82, 2.24) is 0 Å². The van der Waals surface area contributed by atoms with E-state index in [0.717, 1.165) is 49.4 Å². The van der Waals surface area contributed by atoms with Gasteiger partial charge in [0.25, 0.3) is 0 Å². The van der Waals surface area contributed by atoms with Crippen LogP contribution in [0.2, 0.25) is 0 Å². The van der Waals surface area contributed by atoms with Gasteiger partial charge in [0.05, 0.1) is 0 Å². The first-order chi connectivity index (χ1) is 23.8. The molecular weight excluding hydrogens is 585 g/mol. The Kier molecular flexibility index (Phi) is 5.14. The predicted octanol–water partition coefficient (Wildman–Crippen LogP) is 13.4. The molecule has 0 N–H and O–H groups in total. The normalized spacial score (nSPS) is 12.2. The first-order valence-electron chi connectivity index (χ1n) is 16.4. The lowest BCUT2D eigenvalue weighted by Gasteiger charge is -2.19. The van der Waals surface area contributed by atoms with Crippen molar-refractivity contribution in [2.75, 3.05) is 0 Å². The van der Waals surface area contributed by atoms with E-state index in [2.05, 4.69) is 152 Å². The summed E-state index contributed by atoms with van der Waals surface area (Å²) < 4.78 is 13.4. The highest BCUT2D eigenvalue weighted by molar-refractivity contribution is 6.32. The van der Waals surface area contributed by atoms with E-state index < -0.39 is 0 Å². The Bertz CT molecular complexity index is 3060. The van der Waals surface area contributed by atoms with Crippen LogP contribution < -0.4 is 0 Å². The lowest BCUT2D eigenvalue weighted by Crippen LogP contribution is -1.92. The third-order valence-corrected chi connectivity index (χ3v) is 10.2. The zero-order chi connectivity index (χ0) is 31.3. The van der Waals surface area contributed by atoms with E-state index >= 15 is 0 Å². The maximum absolute atomic E-state index is 6.74. The van der Waals surface area contributed by atoms with Gasteiger partial charge in [-0.25, -0.2) is 0 Å². The molecule has 48 heavy (non-hydrogen) atoms. The van der Waals surface area contributed by atoms with Gasteiger partial charge in [0.2, 0.25) is 0 Å². The highest BCUT2D eigenvalue weighted by Crippen LogP contribution is 2.50. The van der Waals surface area contributed by atoms with Gasteiger partial charge in [-0.1, -0.05) is 140 Å². The fourth-order valence-electron chi connectivity index (χ4n) is 8.24. The van der Waals surface area contributed by atoms with Crippen LogP contribution in [0.1, 0.15) is 0 Å². The second-order valence-electron chi connectivity index (χ2n) is 12.7.